The van der Waals surface area contributed by atoms with Crippen molar-refractivity contribution >= 4 is 0 Å². The lowest BCUT2D eigenvalue weighted by molar-refractivity contribution is 0.360. The quantitative estimate of drug-likeness (QED) is 0.542. The van der Waals surface area contributed by atoms with Gasteiger partial charge >= 0.3 is 0 Å². The largest absolute Gasteiger partial charge is 0.314 e. The van der Waals surface area contributed by atoms with Gasteiger partial charge in [0.15, 0.2) is 0 Å². The Morgan fingerprint density at radius 2 is 2.60 bits per heavy atom. The van der Waals surface area contributed by atoms with Crippen LogP contribution in [0.3, 0.4) is 0 Å². The normalized spacial score (nSPS) is 29.0. The second-order valence-corrected chi connectivity index (χ2v) is 2.60. The van der Waals surface area contributed by atoms with E-state index in [1.165, 1.54) is 0 Å². The Kier molecular flexibility index (Phi) is 2.67. The molecular formula is C7H12N3. The Bertz CT molecular complexity index is 132. The van der Waals surface area contributed by atoms with Crippen molar-refractivity contribution in [2.45, 2.75) is 13.0 Å². The Morgan fingerprint density at radius 1 is 1.80 bits per heavy atom. The summed E-state index contributed by atoms with van der Waals surface area (Å²) in [4.78, 5) is 0. The van der Waals surface area contributed by atoms with Crippen molar-refractivity contribution in [1.82, 2.24) is 10.6 Å². The molecule has 1 aliphatic heterocycles. The van der Waals surface area contributed by atoms with E-state index in [0.717, 1.165) is 19.6 Å². The molecule has 0 aromatic heterocycles. The lowest BCUT2D eigenvalue weighted by atomic mass is 10.0. The first-order valence-electron chi connectivity index (χ1n) is 3.61. The summed E-state index contributed by atoms with van der Waals surface area (Å²) >= 11 is 0. The molecule has 10 heavy (non-hydrogen) atoms. The van der Waals surface area contributed by atoms with Gasteiger partial charge < -0.3 is 5.32 Å². The van der Waals surface area contributed by atoms with Gasteiger partial charge in [-0.3, -0.25) is 0 Å². The maximum absolute atomic E-state index is 8.55. The molecule has 1 N–H and O–H groups in total. The predicted molar refractivity (Wildman–Crippen MR) is 38.4 cm³/mol. The maximum Gasteiger partial charge on any atom is 0.0670 e. The summed E-state index contributed by atoms with van der Waals surface area (Å²) in [5.41, 5.74) is 0. The number of nitrogens with zero attached hydrogens (tertiary/aromatic N) is 2. The molecule has 2 unspecified atom stereocenters. The van der Waals surface area contributed by atoms with Crippen LogP contribution in [0.2, 0.25) is 0 Å². The average Bonchev–Trinajstić information content (AvgIpc) is 2.05. The smallest absolute Gasteiger partial charge is 0.0670 e. The molecule has 55 valence electrons. The molecule has 0 bridgehead atoms. The van der Waals surface area contributed by atoms with Crippen LogP contribution in [0.5, 0.6) is 0 Å². The van der Waals surface area contributed by atoms with Crippen molar-refractivity contribution in [2.24, 2.45) is 5.92 Å². The first-order valence-corrected chi connectivity index (χ1v) is 3.61. The Labute approximate surface area is 61.4 Å². The van der Waals surface area contributed by atoms with Crippen LogP contribution in [-0.2, 0) is 0 Å². The van der Waals surface area contributed by atoms with Crippen molar-refractivity contribution in [3.8, 4) is 6.07 Å². The molecule has 0 saturated carbocycles. The molecular weight excluding hydrogens is 126 g/mol. The van der Waals surface area contributed by atoms with E-state index in [-0.39, 0.29) is 12.0 Å². The van der Waals surface area contributed by atoms with Crippen LogP contribution >= 0.6 is 0 Å². The van der Waals surface area contributed by atoms with E-state index < -0.39 is 0 Å². The third-order valence-corrected chi connectivity index (χ3v) is 1.79. The molecule has 1 heterocycles. The first-order chi connectivity index (χ1) is 4.84. The number of nitriles is 1. The van der Waals surface area contributed by atoms with Gasteiger partial charge in [-0.1, -0.05) is 0 Å². The number of hydrogen-bond acceptors (Lipinski definition) is 2. The second kappa shape index (κ2) is 3.55. The number of hydrogen-bond donors (Lipinski definition) is 1. The second-order valence-electron chi connectivity index (χ2n) is 2.60. The van der Waals surface area contributed by atoms with Gasteiger partial charge in [0.05, 0.1) is 18.0 Å². The molecule has 0 aromatic rings. The van der Waals surface area contributed by atoms with Crippen molar-refractivity contribution in [3.05, 3.63) is 0 Å². The number of piperazine rings is 1. The standard InChI is InChI=1S/C7H12N3/c1-6(4-8)7-5-9-2-3-10-7/h6-7,9H,2-3,5H2,1H3. The molecule has 0 amide bonds. The van der Waals surface area contributed by atoms with E-state index in [2.05, 4.69) is 16.7 Å². The number of rotatable bonds is 1. The van der Waals surface area contributed by atoms with Crippen LogP contribution in [0.15, 0.2) is 0 Å². The molecule has 1 aliphatic rings. The van der Waals surface area contributed by atoms with Crippen LogP contribution < -0.4 is 10.6 Å². The minimum atomic E-state index is 0.0628. The fourth-order valence-electron chi connectivity index (χ4n) is 1.04. The third kappa shape index (κ3) is 1.69. The van der Waals surface area contributed by atoms with Crippen molar-refractivity contribution in [1.29, 1.82) is 5.26 Å². The van der Waals surface area contributed by atoms with Crippen LogP contribution in [-0.4, -0.2) is 25.7 Å². The van der Waals surface area contributed by atoms with E-state index in [9.17, 15) is 0 Å². The van der Waals surface area contributed by atoms with Gasteiger partial charge in [-0.25, -0.2) is 5.32 Å². The predicted octanol–water partition coefficient (Wildman–Crippen LogP) is -0.278. The summed E-state index contributed by atoms with van der Waals surface area (Å²) in [7, 11) is 0. The lowest BCUT2D eigenvalue weighted by Gasteiger charge is -2.23. The van der Waals surface area contributed by atoms with E-state index in [1.54, 1.807) is 0 Å². The molecule has 1 radical (unpaired) electrons. The zero-order valence-electron chi connectivity index (χ0n) is 6.17. The summed E-state index contributed by atoms with van der Waals surface area (Å²) in [6, 6.07) is 2.42. The summed E-state index contributed by atoms with van der Waals surface area (Å²) in [5, 5.41) is 16.1. The summed E-state index contributed by atoms with van der Waals surface area (Å²) in [6.45, 7) is 4.61. The molecule has 1 saturated heterocycles. The zero-order valence-corrected chi connectivity index (χ0v) is 6.17. The summed E-state index contributed by atoms with van der Waals surface area (Å²) < 4.78 is 0. The SMILES string of the molecule is CC(C#N)C1CNCC[N]1. The molecule has 0 spiro atoms. The van der Waals surface area contributed by atoms with Crippen molar-refractivity contribution < 1.29 is 0 Å². The van der Waals surface area contributed by atoms with E-state index in [0.29, 0.717) is 0 Å². The maximum atomic E-state index is 8.55. The fourth-order valence-corrected chi connectivity index (χ4v) is 1.04. The average molecular weight is 138 g/mol. The van der Waals surface area contributed by atoms with E-state index in [1.807, 2.05) is 6.92 Å². The van der Waals surface area contributed by atoms with Crippen molar-refractivity contribution in [2.75, 3.05) is 19.6 Å². The molecule has 3 nitrogen and oxygen atoms in total. The highest BCUT2D eigenvalue weighted by Gasteiger charge is 2.19. The highest BCUT2D eigenvalue weighted by atomic mass is 15.1. The third-order valence-electron chi connectivity index (χ3n) is 1.79. The van der Waals surface area contributed by atoms with Gasteiger partial charge in [0, 0.05) is 19.6 Å². The highest BCUT2D eigenvalue weighted by Crippen LogP contribution is 2.02. The van der Waals surface area contributed by atoms with E-state index in [4.69, 9.17) is 5.26 Å². The molecule has 1 rings (SSSR count). The molecule has 0 aliphatic carbocycles. The lowest BCUT2D eigenvalue weighted by Crippen LogP contribution is -2.46. The minimum absolute atomic E-state index is 0.0628. The fraction of sp³-hybridized carbons (Fsp3) is 0.857. The molecule has 0 aromatic carbocycles. The van der Waals surface area contributed by atoms with Gasteiger partial charge in [-0.2, -0.15) is 5.26 Å². The van der Waals surface area contributed by atoms with Gasteiger partial charge in [0.1, 0.15) is 0 Å². The number of nitrogens with one attached hydrogen (secondary N) is 1. The van der Waals surface area contributed by atoms with Crippen LogP contribution in [0.4, 0.5) is 0 Å². The molecule has 3 heteroatoms. The van der Waals surface area contributed by atoms with Crippen LogP contribution in [0.25, 0.3) is 0 Å². The summed E-state index contributed by atoms with van der Waals surface area (Å²) in [6.07, 6.45) is 0. The van der Waals surface area contributed by atoms with E-state index >= 15 is 0 Å². The first kappa shape index (κ1) is 7.52. The monoisotopic (exact) mass is 138 g/mol. The Balaban J connectivity index is 2.33. The van der Waals surface area contributed by atoms with Gasteiger partial charge in [0.2, 0.25) is 0 Å². The van der Waals surface area contributed by atoms with Crippen LogP contribution in [0, 0.1) is 17.2 Å². The molecule has 2 atom stereocenters. The molecule has 1 fully saturated rings. The topological polar surface area (TPSA) is 49.9 Å². The minimum Gasteiger partial charge on any atom is -0.314 e. The van der Waals surface area contributed by atoms with Crippen molar-refractivity contribution in [3.63, 3.8) is 0 Å². The Morgan fingerprint density at radius 3 is 3.10 bits per heavy atom. The Hall–Kier alpha value is -0.590. The zero-order chi connectivity index (χ0) is 7.40. The van der Waals surface area contributed by atoms with Gasteiger partial charge in [-0.05, 0) is 6.92 Å². The summed E-state index contributed by atoms with van der Waals surface area (Å²) in [5.74, 6) is 0.0628. The van der Waals surface area contributed by atoms with Gasteiger partial charge in [-0.15, -0.1) is 0 Å². The highest BCUT2D eigenvalue weighted by molar-refractivity contribution is 4.91. The van der Waals surface area contributed by atoms with Crippen LogP contribution in [0.1, 0.15) is 6.92 Å². The van der Waals surface area contributed by atoms with Gasteiger partial charge in [0.25, 0.3) is 0 Å².